The second kappa shape index (κ2) is 7.98. The summed E-state index contributed by atoms with van der Waals surface area (Å²) in [5.41, 5.74) is 9.94. The van der Waals surface area contributed by atoms with Gasteiger partial charge in [0.25, 0.3) is 5.91 Å². The molecule has 0 radical (unpaired) electrons. The Kier molecular flexibility index (Phi) is 4.87. The molecule has 31 heavy (non-hydrogen) atoms. The lowest BCUT2D eigenvalue weighted by molar-refractivity contribution is 0.0945. The molecule has 1 aliphatic rings. The number of hydrogen-bond acceptors (Lipinski definition) is 6. The Labute approximate surface area is 179 Å². The first-order valence-electron chi connectivity index (χ1n) is 10.2. The van der Waals surface area contributed by atoms with Crippen molar-refractivity contribution >= 4 is 22.8 Å². The Bertz CT molecular complexity index is 1280. The van der Waals surface area contributed by atoms with Crippen molar-refractivity contribution in [1.82, 2.24) is 30.6 Å². The van der Waals surface area contributed by atoms with Gasteiger partial charge in [-0.2, -0.15) is 5.10 Å². The van der Waals surface area contributed by atoms with E-state index in [1.807, 2.05) is 49.4 Å². The van der Waals surface area contributed by atoms with E-state index in [-0.39, 0.29) is 5.91 Å². The minimum absolute atomic E-state index is 0.261. The van der Waals surface area contributed by atoms with Crippen molar-refractivity contribution in [2.24, 2.45) is 4.99 Å². The molecule has 0 saturated heterocycles. The lowest BCUT2D eigenvalue weighted by atomic mass is 10.1. The second-order valence-electron chi connectivity index (χ2n) is 7.34. The Morgan fingerprint density at radius 3 is 2.74 bits per heavy atom. The van der Waals surface area contributed by atoms with Gasteiger partial charge in [-0.25, -0.2) is 9.67 Å². The number of fused-ring (bicyclic) bond motifs is 1. The summed E-state index contributed by atoms with van der Waals surface area (Å²) in [6, 6.07) is 15.3. The third-order valence-corrected chi connectivity index (χ3v) is 5.21. The Morgan fingerprint density at radius 1 is 1.13 bits per heavy atom. The number of rotatable bonds is 3. The van der Waals surface area contributed by atoms with Crippen molar-refractivity contribution < 1.29 is 4.79 Å². The van der Waals surface area contributed by atoms with Crippen molar-refractivity contribution in [1.29, 1.82) is 0 Å². The van der Waals surface area contributed by atoms with Gasteiger partial charge in [0.2, 0.25) is 0 Å². The molecule has 0 bridgehead atoms. The van der Waals surface area contributed by atoms with Crippen molar-refractivity contribution in [3.05, 3.63) is 72.2 Å². The second-order valence-corrected chi connectivity index (χ2v) is 7.34. The number of nitrogens with one attached hydrogen (secondary N) is 2. The zero-order valence-corrected chi connectivity index (χ0v) is 17.0. The summed E-state index contributed by atoms with van der Waals surface area (Å²) in [4.78, 5) is 26.6. The summed E-state index contributed by atoms with van der Waals surface area (Å²) in [6.07, 6.45) is 5.27. The predicted molar refractivity (Wildman–Crippen MR) is 119 cm³/mol. The average Bonchev–Trinajstić information content (AvgIpc) is 3.46. The molecule has 5 rings (SSSR count). The molecule has 154 valence electrons. The number of aryl methyl sites for hydroxylation is 1. The number of carbonyl (C=O) groups excluding carboxylic acids is 1. The fourth-order valence-electron chi connectivity index (χ4n) is 3.72. The van der Waals surface area contributed by atoms with Crippen LogP contribution < -0.4 is 10.9 Å². The molecule has 4 aromatic rings. The fraction of sp³-hybridized carbons (Fsp3) is 0.174. The van der Waals surface area contributed by atoms with Gasteiger partial charge in [0.05, 0.1) is 28.0 Å². The molecule has 1 amide bonds. The highest BCUT2D eigenvalue weighted by Crippen LogP contribution is 2.28. The van der Waals surface area contributed by atoms with Gasteiger partial charge in [-0.1, -0.05) is 18.2 Å². The summed E-state index contributed by atoms with van der Waals surface area (Å²) in [6.45, 7) is 2.67. The zero-order chi connectivity index (χ0) is 21.2. The van der Waals surface area contributed by atoms with Gasteiger partial charge < -0.3 is 0 Å². The molecular formula is C23H21N7O. The highest BCUT2D eigenvalue weighted by molar-refractivity contribution is 6.08. The van der Waals surface area contributed by atoms with Crippen molar-refractivity contribution in [2.45, 2.75) is 19.8 Å². The number of amides is 1. The van der Waals surface area contributed by atoms with Crippen LogP contribution in [0, 0.1) is 6.92 Å². The number of aromatic nitrogens is 4. The van der Waals surface area contributed by atoms with Gasteiger partial charge in [0, 0.05) is 30.9 Å². The number of benzene rings is 1. The predicted octanol–water partition coefficient (Wildman–Crippen LogP) is 3.22. The molecule has 8 nitrogen and oxygen atoms in total. The van der Waals surface area contributed by atoms with E-state index in [0.29, 0.717) is 22.3 Å². The maximum atomic E-state index is 13.2. The molecule has 1 aliphatic heterocycles. The smallest absolute Gasteiger partial charge is 0.270 e. The molecular weight excluding hydrogens is 390 g/mol. The number of carbonyl (C=O) groups is 1. The first kappa shape index (κ1) is 18.9. The molecule has 0 aliphatic carbocycles. The van der Waals surface area contributed by atoms with E-state index in [2.05, 4.69) is 25.9 Å². The third kappa shape index (κ3) is 3.63. The topological polar surface area (TPSA) is 97.1 Å². The number of hydrogen-bond donors (Lipinski definition) is 2. The average molecular weight is 411 g/mol. The van der Waals surface area contributed by atoms with Crippen LogP contribution in [0.5, 0.6) is 0 Å². The standard InChI is InChI=1S/C23H21N7O/c1-15-21-18(23(31)28-27-20-10-6-12-25-20)13-19(16-7-5-11-24-14-16)26-22(21)30(29-15)17-8-3-2-4-9-17/h2-5,7-9,11,13-14H,6,10,12H2,1H3,(H,25,27)(H,28,31). The normalized spacial score (nSPS) is 13.3. The molecule has 0 unspecified atom stereocenters. The van der Waals surface area contributed by atoms with E-state index in [4.69, 9.17) is 4.98 Å². The molecule has 4 heterocycles. The number of para-hydroxylation sites is 1. The van der Waals surface area contributed by atoms with Crippen LogP contribution in [0.1, 0.15) is 28.9 Å². The lowest BCUT2D eigenvalue weighted by Crippen LogP contribution is -2.41. The SMILES string of the molecule is Cc1nn(-c2ccccc2)c2nc(-c3cccnc3)cc(C(=O)NNC3=NCCC3)c12. The Morgan fingerprint density at radius 2 is 2.00 bits per heavy atom. The molecule has 0 saturated carbocycles. The maximum Gasteiger partial charge on any atom is 0.270 e. The third-order valence-electron chi connectivity index (χ3n) is 5.21. The van der Waals surface area contributed by atoms with Crippen LogP contribution in [0.15, 0.2) is 65.9 Å². The lowest BCUT2D eigenvalue weighted by Gasteiger charge is -2.11. The van der Waals surface area contributed by atoms with Gasteiger partial charge in [0.1, 0.15) is 5.84 Å². The van der Waals surface area contributed by atoms with Crippen LogP contribution >= 0.6 is 0 Å². The first-order valence-corrected chi connectivity index (χ1v) is 10.2. The van der Waals surface area contributed by atoms with E-state index in [1.165, 1.54) is 0 Å². The minimum atomic E-state index is -0.261. The molecule has 0 atom stereocenters. The van der Waals surface area contributed by atoms with Gasteiger partial charge >= 0.3 is 0 Å². The fourth-order valence-corrected chi connectivity index (χ4v) is 3.72. The van der Waals surface area contributed by atoms with E-state index < -0.39 is 0 Å². The number of hydrazine groups is 1. The van der Waals surface area contributed by atoms with Gasteiger partial charge in [-0.05, 0) is 43.7 Å². The van der Waals surface area contributed by atoms with Crippen LogP contribution in [-0.2, 0) is 0 Å². The van der Waals surface area contributed by atoms with E-state index in [0.717, 1.165) is 42.2 Å². The van der Waals surface area contributed by atoms with E-state index in [1.54, 1.807) is 23.1 Å². The van der Waals surface area contributed by atoms with Crippen LogP contribution in [0.2, 0.25) is 0 Å². The van der Waals surface area contributed by atoms with Crippen molar-refractivity contribution in [3.8, 4) is 16.9 Å². The van der Waals surface area contributed by atoms with Crippen molar-refractivity contribution in [3.63, 3.8) is 0 Å². The van der Waals surface area contributed by atoms with E-state index in [9.17, 15) is 4.79 Å². The quantitative estimate of drug-likeness (QED) is 0.505. The number of nitrogens with zero attached hydrogens (tertiary/aromatic N) is 5. The molecule has 0 fully saturated rings. The van der Waals surface area contributed by atoms with E-state index >= 15 is 0 Å². The highest BCUT2D eigenvalue weighted by atomic mass is 16.2. The minimum Gasteiger partial charge on any atom is -0.285 e. The summed E-state index contributed by atoms with van der Waals surface area (Å²) in [7, 11) is 0. The number of pyridine rings is 2. The summed E-state index contributed by atoms with van der Waals surface area (Å²) in [5, 5.41) is 5.40. The van der Waals surface area contributed by atoms with Gasteiger partial charge in [-0.15, -0.1) is 0 Å². The van der Waals surface area contributed by atoms with Gasteiger partial charge in [-0.3, -0.25) is 25.6 Å². The Hall–Kier alpha value is -4.07. The van der Waals surface area contributed by atoms with Crippen LogP contribution in [-0.4, -0.2) is 38.0 Å². The van der Waals surface area contributed by atoms with Crippen LogP contribution in [0.25, 0.3) is 28.0 Å². The molecule has 2 N–H and O–H groups in total. The molecule has 0 spiro atoms. The summed E-state index contributed by atoms with van der Waals surface area (Å²) < 4.78 is 1.77. The highest BCUT2D eigenvalue weighted by Gasteiger charge is 2.21. The zero-order valence-electron chi connectivity index (χ0n) is 17.0. The molecule has 3 aromatic heterocycles. The maximum absolute atomic E-state index is 13.2. The first-order chi connectivity index (χ1) is 15.2. The van der Waals surface area contributed by atoms with Crippen LogP contribution in [0.4, 0.5) is 0 Å². The Balaban J connectivity index is 1.65. The largest absolute Gasteiger partial charge is 0.285 e. The monoisotopic (exact) mass is 411 g/mol. The summed E-state index contributed by atoms with van der Waals surface area (Å²) in [5.74, 6) is 0.533. The van der Waals surface area contributed by atoms with Crippen LogP contribution in [0.3, 0.4) is 0 Å². The van der Waals surface area contributed by atoms with Crippen molar-refractivity contribution in [2.75, 3.05) is 6.54 Å². The number of amidine groups is 1. The summed E-state index contributed by atoms with van der Waals surface area (Å²) >= 11 is 0. The van der Waals surface area contributed by atoms with Gasteiger partial charge in [0.15, 0.2) is 5.65 Å². The number of aliphatic imine (C=N–C) groups is 1. The molecule has 8 heteroatoms. The molecule has 1 aromatic carbocycles.